The van der Waals surface area contributed by atoms with Crippen molar-refractivity contribution < 1.29 is 24.5 Å². The molecule has 0 amide bonds. The van der Waals surface area contributed by atoms with Gasteiger partial charge in [0.1, 0.15) is 18.7 Å². The number of nitrogens with zero attached hydrogens (tertiary/aromatic N) is 4. The van der Waals surface area contributed by atoms with E-state index in [4.69, 9.17) is 19.7 Å². The lowest BCUT2D eigenvalue weighted by molar-refractivity contribution is -0.139. The van der Waals surface area contributed by atoms with Crippen LogP contribution in [0.4, 0.5) is 11.5 Å². The molecule has 0 saturated heterocycles. The van der Waals surface area contributed by atoms with Gasteiger partial charge in [0.2, 0.25) is 0 Å². The van der Waals surface area contributed by atoms with Gasteiger partial charge in [-0.25, -0.2) is 9.78 Å². The number of aliphatic hydroxyl groups excluding tert-OH is 1. The van der Waals surface area contributed by atoms with Crippen LogP contribution in [-0.2, 0) is 11.8 Å². The smallest absolute Gasteiger partial charge is 0.330 e. The zero-order valence-corrected chi connectivity index (χ0v) is 19.8. The van der Waals surface area contributed by atoms with Crippen molar-refractivity contribution in [3.05, 3.63) is 59.8 Å². The van der Waals surface area contributed by atoms with Crippen LogP contribution in [0.5, 0.6) is 11.5 Å². The summed E-state index contributed by atoms with van der Waals surface area (Å²) in [4.78, 5) is 19.5. The van der Waals surface area contributed by atoms with E-state index < -0.39 is 18.6 Å². The van der Waals surface area contributed by atoms with Crippen LogP contribution in [0.1, 0.15) is 11.1 Å². The SMILES string of the molecule is Cc1c(Nc2nn(C)c3cc(C=N[C@@H](CO)C(=O)O)cnc23)cccc1-c1ccc2c(c1)OCCO2. The molecular weight excluding hydrogens is 462 g/mol. The molecule has 0 fully saturated rings. The van der Waals surface area contributed by atoms with Crippen molar-refractivity contribution >= 4 is 34.7 Å². The molecule has 2 aromatic carbocycles. The fourth-order valence-corrected chi connectivity index (χ4v) is 4.09. The molecule has 0 unspecified atom stereocenters. The van der Waals surface area contributed by atoms with Crippen molar-refractivity contribution in [1.82, 2.24) is 14.8 Å². The minimum absolute atomic E-state index is 0.534. The van der Waals surface area contributed by atoms with Crippen LogP contribution in [-0.4, -0.2) is 63.0 Å². The maximum atomic E-state index is 11.1. The number of aromatic nitrogens is 3. The number of carboxylic acid groups (broad SMARTS) is 1. The van der Waals surface area contributed by atoms with Crippen LogP contribution in [0.3, 0.4) is 0 Å². The number of pyridine rings is 1. The minimum Gasteiger partial charge on any atom is -0.486 e. The molecule has 1 aliphatic heterocycles. The normalized spacial score (nSPS) is 13.8. The zero-order valence-electron chi connectivity index (χ0n) is 19.8. The number of benzene rings is 2. The van der Waals surface area contributed by atoms with Crippen molar-refractivity contribution in [3.8, 4) is 22.6 Å². The van der Waals surface area contributed by atoms with Crippen LogP contribution in [0.15, 0.2) is 53.7 Å². The molecule has 0 aliphatic carbocycles. The molecule has 3 heterocycles. The molecular formula is C26H25N5O5. The Balaban J connectivity index is 1.44. The van der Waals surface area contributed by atoms with Gasteiger partial charge in [-0.1, -0.05) is 18.2 Å². The molecule has 0 spiro atoms. The van der Waals surface area contributed by atoms with E-state index in [9.17, 15) is 4.79 Å². The molecule has 0 saturated carbocycles. The molecule has 184 valence electrons. The van der Waals surface area contributed by atoms with E-state index in [1.54, 1.807) is 10.9 Å². The van der Waals surface area contributed by atoms with E-state index in [1.807, 2.05) is 50.4 Å². The first-order valence-electron chi connectivity index (χ1n) is 11.4. The van der Waals surface area contributed by atoms with E-state index in [2.05, 4.69) is 26.5 Å². The summed E-state index contributed by atoms with van der Waals surface area (Å²) in [6.07, 6.45) is 2.98. The molecule has 36 heavy (non-hydrogen) atoms. The number of anilines is 2. The van der Waals surface area contributed by atoms with Crippen LogP contribution in [0.2, 0.25) is 0 Å². The highest BCUT2D eigenvalue weighted by Crippen LogP contribution is 2.37. The fourth-order valence-electron chi connectivity index (χ4n) is 4.09. The summed E-state index contributed by atoms with van der Waals surface area (Å²) >= 11 is 0. The third-order valence-electron chi connectivity index (χ3n) is 6.01. The zero-order chi connectivity index (χ0) is 25.2. The number of aliphatic imine (C=N–C) groups is 1. The third kappa shape index (κ3) is 4.46. The molecule has 0 radical (unpaired) electrons. The monoisotopic (exact) mass is 487 g/mol. The Morgan fingerprint density at radius 3 is 2.81 bits per heavy atom. The predicted molar refractivity (Wildman–Crippen MR) is 136 cm³/mol. The summed E-state index contributed by atoms with van der Waals surface area (Å²) in [5, 5.41) is 26.2. The van der Waals surface area contributed by atoms with Crippen molar-refractivity contribution in [2.45, 2.75) is 13.0 Å². The molecule has 10 nitrogen and oxygen atoms in total. The van der Waals surface area contributed by atoms with Gasteiger partial charge in [-0.3, -0.25) is 9.67 Å². The average Bonchev–Trinajstić information content (AvgIpc) is 3.19. The molecule has 2 aromatic heterocycles. The summed E-state index contributed by atoms with van der Waals surface area (Å²) in [7, 11) is 1.81. The number of carbonyl (C=O) groups is 1. The number of nitrogens with one attached hydrogen (secondary N) is 1. The van der Waals surface area contributed by atoms with E-state index in [0.29, 0.717) is 30.1 Å². The number of rotatable bonds is 7. The third-order valence-corrected chi connectivity index (χ3v) is 6.01. The van der Waals surface area contributed by atoms with Crippen molar-refractivity contribution in [1.29, 1.82) is 0 Å². The van der Waals surface area contributed by atoms with Crippen LogP contribution < -0.4 is 14.8 Å². The van der Waals surface area contributed by atoms with E-state index in [0.717, 1.165) is 39.4 Å². The van der Waals surface area contributed by atoms with Gasteiger partial charge in [-0.2, -0.15) is 5.10 Å². The van der Waals surface area contributed by atoms with Gasteiger partial charge in [0.25, 0.3) is 0 Å². The van der Waals surface area contributed by atoms with Crippen LogP contribution in [0.25, 0.3) is 22.2 Å². The highest BCUT2D eigenvalue weighted by molar-refractivity contribution is 5.93. The summed E-state index contributed by atoms with van der Waals surface area (Å²) in [6, 6.07) is 12.6. The second kappa shape index (κ2) is 9.67. The van der Waals surface area contributed by atoms with Gasteiger partial charge in [0.05, 0.1) is 12.1 Å². The molecule has 1 aliphatic rings. The largest absolute Gasteiger partial charge is 0.486 e. The van der Waals surface area contributed by atoms with Crippen LogP contribution >= 0.6 is 0 Å². The molecule has 4 aromatic rings. The van der Waals surface area contributed by atoms with E-state index >= 15 is 0 Å². The number of aliphatic carboxylic acids is 1. The van der Waals surface area contributed by atoms with Gasteiger partial charge >= 0.3 is 5.97 Å². The first-order chi connectivity index (χ1) is 17.4. The number of carboxylic acids is 1. The number of hydrogen-bond donors (Lipinski definition) is 3. The Kier molecular flexibility index (Phi) is 6.26. The van der Waals surface area contributed by atoms with Crippen molar-refractivity contribution in [2.75, 3.05) is 25.1 Å². The first-order valence-corrected chi connectivity index (χ1v) is 11.4. The van der Waals surface area contributed by atoms with Gasteiger partial charge in [-0.05, 0) is 47.9 Å². The fraction of sp³-hybridized carbons (Fsp3) is 0.231. The topological polar surface area (TPSA) is 131 Å². The van der Waals surface area contributed by atoms with Crippen molar-refractivity contribution in [3.63, 3.8) is 0 Å². The first kappa shape index (κ1) is 23.3. The molecule has 5 rings (SSSR count). The van der Waals surface area contributed by atoms with Crippen molar-refractivity contribution in [2.24, 2.45) is 12.0 Å². The molecule has 1 atom stereocenters. The lowest BCUT2D eigenvalue weighted by atomic mass is 9.98. The summed E-state index contributed by atoms with van der Waals surface area (Å²) < 4.78 is 13.1. The number of aryl methyl sites for hydroxylation is 1. The average molecular weight is 488 g/mol. The number of fused-ring (bicyclic) bond motifs is 2. The second-order valence-corrected chi connectivity index (χ2v) is 8.38. The highest BCUT2D eigenvalue weighted by atomic mass is 16.6. The quantitative estimate of drug-likeness (QED) is 0.338. The molecule has 3 N–H and O–H groups in total. The lowest BCUT2D eigenvalue weighted by Crippen LogP contribution is -2.22. The Labute approximate surface area is 206 Å². The number of aliphatic hydroxyl groups is 1. The van der Waals surface area contributed by atoms with Gasteiger partial charge in [0, 0.05) is 30.7 Å². The summed E-state index contributed by atoms with van der Waals surface area (Å²) in [5.74, 6) is 0.896. The van der Waals surface area contributed by atoms with Crippen LogP contribution in [0, 0.1) is 6.92 Å². The number of hydrogen-bond acceptors (Lipinski definition) is 8. The minimum atomic E-state index is -1.21. The maximum Gasteiger partial charge on any atom is 0.330 e. The molecule has 0 bridgehead atoms. The Hall–Kier alpha value is -4.44. The predicted octanol–water partition coefficient (Wildman–Crippen LogP) is 3.32. The van der Waals surface area contributed by atoms with Gasteiger partial charge in [-0.15, -0.1) is 0 Å². The Morgan fingerprint density at radius 1 is 1.22 bits per heavy atom. The highest BCUT2D eigenvalue weighted by Gasteiger charge is 2.17. The Bertz CT molecular complexity index is 1480. The van der Waals surface area contributed by atoms with E-state index in [-0.39, 0.29) is 0 Å². The summed E-state index contributed by atoms with van der Waals surface area (Å²) in [6.45, 7) is 2.55. The van der Waals surface area contributed by atoms with Gasteiger partial charge < -0.3 is 25.0 Å². The maximum absolute atomic E-state index is 11.1. The second-order valence-electron chi connectivity index (χ2n) is 8.38. The van der Waals surface area contributed by atoms with Gasteiger partial charge in [0.15, 0.2) is 23.4 Å². The lowest BCUT2D eigenvalue weighted by Gasteiger charge is -2.19. The Morgan fingerprint density at radius 2 is 2.03 bits per heavy atom. The standard InChI is InChI=1S/C26H25N5O5/c1-15-18(17-6-7-22-23(11-17)36-9-8-35-22)4-3-5-19(15)29-25-24-21(31(2)30-25)10-16(13-28-24)12-27-20(14-32)26(33)34/h3-7,10-13,20,32H,8-9,14H2,1-2H3,(H,29,30)(H,33,34)/t20-/m0/s1. The van der Waals surface area contributed by atoms with E-state index in [1.165, 1.54) is 6.21 Å². The molecule has 10 heteroatoms. The number of ether oxygens (including phenoxy) is 2. The summed E-state index contributed by atoms with van der Waals surface area (Å²) in [5.41, 5.74) is 6.03.